The van der Waals surface area contributed by atoms with Crippen LogP contribution in [0.1, 0.15) is 58.8 Å². The van der Waals surface area contributed by atoms with Crippen molar-refractivity contribution in [3.05, 3.63) is 61.3 Å². The molecule has 1 aromatic heterocycles. The molecule has 1 aromatic carbocycles. The van der Waals surface area contributed by atoms with Crippen LogP contribution >= 0.6 is 15.9 Å². The smallest absolute Gasteiger partial charge is 0.271 e. The molecule has 1 aliphatic rings. The Kier molecular flexibility index (Phi) is 4.78. The average molecular weight is 401 g/mol. The van der Waals surface area contributed by atoms with E-state index in [9.17, 15) is 20.0 Å². The summed E-state index contributed by atoms with van der Waals surface area (Å²) in [7, 11) is 0. The number of aromatic nitrogens is 1. The highest BCUT2D eigenvalue weighted by Crippen LogP contribution is 2.35. The molecule has 0 bridgehead atoms. The number of pyridine rings is 1. The predicted molar refractivity (Wildman–Crippen MR) is 96.9 cm³/mol. The third-order valence-corrected chi connectivity index (χ3v) is 5.47. The van der Waals surface area contributed by atoms with Gasteiger partial charge in [0.15, 0.2) is 5.78 Å². The van der Waals surface area contributed by atoms with Crippen LogP contribution in [0.2, 0.25) is 0 Å². The summed E-state index contributed by atoms with van der Waals surface area (Å²) < 4.78 is 1.83. The monoisotopic (exact) mass is 400 g/mol. The first-order valence-electron chi connectivity index (χ1n) is 8.14. The zero-order valence-corrected chi connectivity index (χ0v) is 15.3. The molecule has 1 N–H and O–H groups in total. The summed E-state index contributed by atoms with van der Waals surface area (Å²) in [6.07, 6.45) is 3.42. The van der Waals surface area contributed by atoms with Crippen LogP contribution in [0.4, 0.5) is 0 Å². The second kappa shape index (κ2) is 6.85. The van der Waals surface area contributed by atoms with Crippen molar-refractivity contribution in [1.82, 2.24) is 4.57 Å². The molecule has 1 saturated carbocycles. The average Bonchev–Trinajstić information content (AvgIpc) is 3.09. The maximum atomic E-state index is 13.0. The Labute approximate surface area is 153 Å². The van der Waals surface area contributed by atoms with Gasteiger partial charge in [0, 0.05) is 16.1 Å². The van der Waals surface area contributed by atoms with Gasteiger partial charge in [0.1, 0.15) is 11.6 Å². The van der Waals surface area contributed by atoms with Crippen molar-refractivity contribution >= 4 is 21.7 Å². The summed E-state index contributed by atoms with van der Waals surface area (Å²) >= 11 is 3.34. The van der Waals surface area contributed by atoms with Gasteiger partial charge in [-0.3, -0.25) is 14.2 Å². The van der Waals surface area contributed by atoms with Gasteiger partial charge in [0.25, 0.3) is 5.56 Å². The Bertz CT molecular complexity index is 950. The molecular weight excluding hydrogens is 384 g/mol. The molecule has 0 spiro atoms. The topological polar surface area (TPSA) is 83.1 Å². The van der Waals surface area contributed by atoms with Crippen LogP contribution in [-0.4, -0.2) is 15.5 Å². The molecular formula is C19H17BrN2O3. The Balaban J connectivity index is 2.28. The molecule has 0 aliphatic heterocycles. The standard InChI is InChI=1S/C19H17BrN2O3/c1-11-14(10-21)18(24)22(12-6-2-3-7-12)19(25)16(11)17(23)13-8-4-5-9-15(13)20/h4-5,8-9,12,25H,2-3,6-7H2,1H3. The van der Waals surface area contributed by atoms with E-state index in [0.29, 0.717) is 10.0 Å². The van der Waals surface area contributed by atoms with Crippen LogP contribution in [0.5, 0.6) is 5.88 Å². The number of halogens is 1. The van der Waals surface area contributed by atoms with Crippen LogP contribution in [0.25, 0.3) is 0 Å². The van der Waals surface area contributed by atoms with Gasteiger partial charge in [-0.15, -0.1) is 0 Å². The van der Waals surface area contributed by atoms with Gasteiger partial charge in [-0.2, -0.15) is 5.26 Å². The first-order chi connectivity index (χ1) is 12.0. The van der Waals surface area contributed by atoms with Crippen molar-refractivity contribution in [2.75, 3.05) is 0 Å². The maximum Gasteiger partial charge on any atom is 0.271 e. The Morgan fingerprint density at radius 3 is 2.56 bits per heavy atom. The Hall–Kier alpha value is -2.39. The number of ketones is 1. The number of rotatable bonds is 3. The normalized spacial score (nSPS) is 14.4. The molecule has 6 heteroatoms. The van der Waals surface area contributed by atoms with Crippen LogP contribution in [0.15, 0.2) is 33.5 Å². The van der Waals surface area contributed by atoms with Crippen molar-refractivity contribution in [1.29, 1.82) is 5.26 Å². The molecule has 1 heterocycles. The third-order valence-electron chi connectivity index (χ3n) is 4.78. The van der Waals surface area contributed by atoms with Crippen molar-refractivity contribution < 1.29 is 9.90 Å². The van der Waals surface area contributed by atoms with E-state index in [1.54, 1.807) is 24.3 Å². The third kappa shape index (κ3) is 2.89. The maximum absolute atomic E-state index is 13.0. The van der Waals surface area contributed by atoms with Gasteiger partial charge in [0.05, 0.1) is 5.56 Å². The van der Waals surface area contributed by atoms with Crippen LogP contribution in [0, 0.1) is 18.3 Å². The van der Waals surface area contributed by atoms with E-state index in [1.807, 2.05) is 6.07 Å². The molecule has 3 rings (SSSR count). The predicted octanol–water partition coefficient (Wildman–Crippen LogP) is 3.84. The minimum absolute atomic E-state index is 0.0231. The highest BCUT2D eigenvalue weighted by molar-refractivity contribution is 9.10. The van der Waals surface area contributed by atoms with Crippen LogP contribution in [0.3, 0.4) is 0 Å². The van der Waals surface area contributed by atoms with E-state index in [-0.39, 0.29) is 28.6 Å². The first kappa shape index (κ1) is 17.4. The van der Waals surface area contributed by atoms with Crippen molar-refractivity contribution in [3.8, 4) is 11.9 Å². The van der Waals surface area contributed by atoms with E-state index in [2.05, 4.69) is 15.9 Å². The van der Waals surface area contributed by atoms with Gasteiger partial charge in [-0.25, -0.2) is 0 Å². The number of carbonyl (C=O) groups is 1. The van der Waals surface area contributed by atoms with Crippen molar-refractivity contribution in [2.45, 2.75) is 38.6 Å². The summed E-state index contributed by atoms with van der Waals surface area (Å²) in [6, 6.07) is 8.62. The van der Waals surface area contributed by atoms with Gasteiger partial charge < -0.3 is 5.11 Å². The zero-order chi connectivity index (χ0) is 18.1. The molecule has 1 fully saturated rings. The summed E-state index contributed by atoms with van der Waals surface area (Å²) in [5.74, 6) is -0.750. The number of nitriles is 1. The molecule has 0 unspecified atom stereocenters. The largest absolute Gasteiger partial charge is 0.494 e. The van der Waals surface area contributed by atoms with E-state index in [4.69, 9.17) is 0 Å². The highest BCUT2D eigenvalue weighted by Gasteiger charge is 2.29. The first-order valence-corrected chi connectivity index (χ1v) is 8.94. The molecule has 0 radical (unpaired) electrons. The van der Waals surface area contributed by atoms with Gasteiger partial charge in [-0.05, 0) is 37.5 Å². The SMILES string of the molecule is Cc1c(C(=O)c2ccccc2Br)c(O)n(C2CCCC2)c(=O)c1C#N. The second-order valence-electron chi connectivity index (χ2n) is 6.23. The molecule has 0 saturated heterocycles. The van der Waals surface area contributed by atoms with E-state index in [0.717, 1.165) is 25.7 Å². The number of hydrogen-bond acceptors (Lipinski definition) is 4. The number of carbonyl (C=O) groups excluding carboxylic acids is 1. The molecule has 0 atom stereocenters. The lowest BCUT2D eigenvalue weighted by Gasteiger charge is -2.20. The minimum Gasteiger partial charge on any atom is -0.494 e. The van der Waals surface area contributed by atoms with Crippen molar-refractivity contribution in [2.24, 2.45) is 0 Å². The van der Waals surface area contributed by atoms with Gasteiger partial charge >= 0.3 is 0 Å². The van der Waals surface area contributed by atoms with Crippen LogP contribution < -0.4 is 5.56 Å². The summed E-state index contributed by atoms with van der Waals surface area (Å²) in [5, 5.41) is 20.2. The number of hydrogen-bond donors (Lipinski definition) is 1. The van der Waals surface area contributed by atoms with Crippen LogP contribution in [-0.2, 0) is 0 Å². The Morgan fingerprint density at radius 2 is 1.96 bits per heavy atom. The summed E-state index contributed by atoms with van der Waals surface area (Å²) in [4.78, 5) is 25.7. The molecule has 128 valence electrons. The molecule has 5 nitrogen and oxygen atoms in total. The molecule has 25 heavy (non-hydrogen) atoms. The fraction of sp³-hybridized carbons (Fsp3) is 0.316. The number of benzene rings is 1. The van der Waals surface area contributed by atoms with E-state index < -0.39 is 11.3 Å². The van der Waals surface area contributed by atoms with Gasteiger partial charge in [0.2, 0.25) is 5.88 Å². The summed E-state index contributed by atoms with van der Waals surface area (Å²) in [5.41, 5.74) is 0.0181. The fourth-order valence-electron chi connectivity index (χ4n) is 3.47. The lowest BCUT2D eigenvalue weighted by atomic mass is 9.96. The fourth-order valence-corrected chi connectivity index (χ4v) is 3.94. The van der Waals surface area contributed by atoms with E-state index in [1.165, 1.54) is 11.5 Å². The number of aromatic hydroxyl groups is 1. The lowest BCUT2D eigenvalue weighted by Crippen LogP contribution is -2.29. The number of nitrogens with zero attached hydrogens (tertiary/aromatic N) is 2. The zero-order valence-electron chi connectivity index (χ0n) is 13.8. The Morgan fingerprint density at radius 1 is 1.32 bits per heavy atom. The summed E-state index contributed by atoms with van der Waals surface area (Å²) in [6.45, 7) is 1.53. The molecule has 0 amide bonds. The van der Waals surface area contributed by atoms with E-state index >= 15 is 0 Å². The highest BCUT2D eigenvalue weighted by atomic mass is 79.9. The van der Waals surface area contributed by atoms with Crippen molar-refractivity contribution in [3.63, 3.8) is 0 Å². The molecule has 1 aliphatic carbocycles. The van der Waals surface area contributed by atoms with Gasteiger partial charge in [-0.1, -0.05) is 40.9 Å². The quantitative estimate of drug-likeness (QED) is 0.793. The molecule has 2 aromatic rings. The second-order valence-corrected chi connectivity index (χ2v) is 7.09. The minimum atomic E-state index is -0.520. The lowest BCUT2D eigenvalue weighted by molar-refractivity contribution is 0.103.